The van der Waals surface area contributed by atoms with Gasteiger partial charge in [0.1, 0.15) is 11.5 Å². The molecular weight excluding hydrogens is 298 g/mol. The second-order valence-corrected chi connectivity index (χ2v) is 7.29. The molecule has 0 saturated heterocycles. The zero-order valence-corrected chi connectivity index (χ0v) is 15.3. The van der Waals surface area contributed by atoms with Gasteiger partial charge in [-0.3, -0.25) is 4.90 Å². The summed E-state index contributed by atoms with van der Waals surface area (Å²) in [5, 5.41) is 19.3. The van der Waals surface area contributed by atoms with Gasteiger partial charge in [0.25, 0.3) is 0 Å². The van der Waals surface area contributed by atoms with Crippen molar-refractivity contribution in [2.75, 3.05) is 6.54 Å². The van der Waals surface area contributed by atoms with Crippen molar-refractivity contribution in [1.82, 2.24) is 4.90 Å². The highest BCUT2D eigenvalue weighted by Crippen LogP contribution is 2.35. The summed E-state index contributed by atoms with van der Waals surface area (Å²) < 4.78 is 0. The fourth-order valence-corrected chi connectivity index (χ4v) is 3.33. The molecule has 0 radical (unpaired) electrons. The van der Waals surface area contributed by atoms with Gasteiger partial charge in [-0.15, -0.1) is 0 Å². The van der Waals surface area contributed by atoms with Crippen LogP contribution in [0.3, 0.4) is 0 Å². The molecule has 0 bridgehead atoms. The van der Waals surface area contributed by atoms with Crippen molar-refractivity contribution in [2.45, 2.75) is 52.1 Å². The Labute approximate surface area is 145 Å². The van der Waals surface area contributed by atoms with Crippen molar-refractivity contribution in [3.05, 3.63) is 59.7 Å². The lowest BCUT2D eigenvalue weighted by Gasteiger charge is -2.40. The van der Waals surface area contributed by atoms with Gasteiger partial charge in [-0.1, -0.05) is 31.2 Å². The number of hydrogen-bond acceptors (Lipinski definition) is 3. The predicted molar refractivity (Wildman–Crippen MR) is 99.6 cm³/mol. The van der Waals surface area contributed by atoms with E-state index in [4.69, 9.17) is 0 Å². The Balaban J connectivity index is 2.51. The van der Waals surface area contributed by atoms with Crippen LogP contribution in [0.2, 0.25) is 0 Å². The Morgan fingerprint density at radius 2 is 1.08 bits per heavy atom. The Bertz CT molecular complexity index is 591. The second-order valence-electron chi connectivity index (χ2n) is 7.29. The molecule has 0 atom stereocenters. The van der Waals surface area contributed by atoms with E-state index in [2.05, 4.69) is 39.5 Å². The number of phenolic OH excluding ortho intramolecular Hbond substituents is 2. The Kier molecular flexibility index (Phi) is 5.55. The van der Waals surface area contributed by atoms with Crippen molar-refractivity contribution in [3.63, 3.8) is 0 Å². The van der Waals surface area contributed by atoms with Crippen LogP contribution in [0.4, 0.5) is 0 Å². The standard InChI is InChI=1S/C21H29NO2/c1-15(2)22(16(3)4)14-21(5,17-6-10-19(23)11-7-17)18-8-12-20(24)13-9-18/h6-13,15-16,23-24H,14H2,1-5H3. The summed E-state index contributed by atoms with van der Waals surface area (Å²) in [7, 11) is 0. The van der Waals surface area contributed by atoms with Crippen LogP contribution in [-0.4, -0.2) is 33.7 Å². The molecule has 0 aromatic heterocycles. The molecule has 24 heavy (non-hydrogen) atoms. The Morgan fingerprint density at radius 1 is 0.750 bits per heavy atom. The van der Waals surface area contributed by atoms with Crippen LogP contribution in [0, 0.1) is 0 Å². The zero-order valence-electron chi connectivity index (χ0n) is 15.3. The first-order valence-electron chi connectivity index (χ1n) is 8.59. The quantitative estimate of drug-likeness (QED) is 0.819. The summed E-state index contributed by atoms with van der Waals surface area (Å²) in [6.07, 6.45) is 0. The van der Waals surface area contributed by atoms with Crippen molar-refractivity contribution >= 4 is 0 Å². The molecule has 2 aromatic rings. The number of hydrogen-bond donors (Lipinski definition) is 2. The number of benzene rings is 2. The van der Waals surface area contributed by atoms with E-state index in [-0.39, 0.29) is 16.9 Å². The summed E-state index contributed by atoms with van der Waals surface area (Å²) in [5.74, 6) is 0.549. The van der Waals surface area contributed by atoms with Gasteiger partial charge in [0.15, 0.2) is 0 Å². The summed E-state index contributed by atoms with van der Waals surface area (Å²) >= 11 is 0. The molecule has 130 valence electrons. The molecule has 0 spiro atoms. The normalized spacial score (nSPS) is 12.3. The molecule has 0 aliphatic heterocycles. The maximum Gasteiger partial charge on any atom is 0.115 e. The fourth-order valence-electron chi connectivity index (χ4n) is 3.33. The highest BCUT2D eigenvalue weighted by molar-refractivity contribution is 5.42. The van der Waals surface area contributed by atoms with Crippen LogP contribution in [-0.2, 0) is 5.41 Å². The highest BCUT2D eigenvalue weighted by Gasteiger charge is 2.33. The van der Waals surface area contributed by atoms with Gasteiger partial charge >= 0.3 is 0 Å². The number of phenols is 2. The molecule has 0 unspecified atom stereocenters. The Hall–Kier alpha value is -2.00. The topological polar surface area (TPSA) is 43.7 Å². The van der Waals surface area contributed by atoms with Crippen LogP contribution < -0.4 is 0 Å². The first kappa shape index (κ1) is 18.3. The summed E-state index contributed by atoms with van der Waals surface area (Å²) in [6, 6.07) is 15.8. The van der Waals surface area contributed by atoms with Gasteiger partial charge in [-0.05, 0) is 63.1 Å². The van der Waals surface area contributed by atoms with E-state index >= 15 is 0 Å². The van der Waals surface area contributed by atoms with Crippen LogP contribution in [0.1, 0.15) is 45.7 Å². The van der Waals surface area contributed by atoms with Gasteiger partial charge < -0.3 is 10.2 Å². The molecule has 0 amide bonds. The number of rotatable bonds is 6. The van der Waals surface area contributed by atoms with E-state index < -0.39 is 0 Å². The molecule has 0 saturated carbocycles. The lowest BCUT2D eigenvalue weighted by molar-refractivity contribution is 0.147. The van der Waals surface area contributed by atoms with Crippen LogP contribution in [0.5, 0.6) is 11.5 Å². The van der Waals surface area contributed by atoms with E-state index in [0.717, 1.165) is 17.7 Å². The molecule has 0 fully saturated rings. The summed E-state index contributed by atoms with van der Waals surface area (Å²) in [5.41, 5.74) is 2.06. The minimum atomic E-state index is -0.240. The molecular formula is C21H29NO2. The van der Waals surface area contributed by atoms with Gasteiger partial charge in [-0.2, -0.15) is 0 Å². The smallest absolute Gasteiger partial charge is 0.115 e. The van der Waals surface area contributed by atoms with Crippen molar-refractivity contribution < 1.29 is 10.2 Å². The second kappa shape index (κ2) is 7.27. The first-order valence-corrected chi connectivity index (χ1v) is 8.59. The fraction of sp³-hybridized carbons (Fsp3) is 0.429. The maximum absolute atomic E-state index is 9.64. The van der Waals surface area contributed by atoms with Crippen molar-refractivity contribution in [2.24, 2.45) is 0 Å². The van der Waals surface area contributed by atoms with Crippen LogP contribution >= 0.6 is 0 Å². The van der Waals surface area contributed by atoms with Crippen LogP contribution in [0.25, 0.3) is 0 Å². The molecule has 0 aliphatic carbocycles. The number of aromatic hydroxyl groups is 2. The number of nitrogens with zero attached hydrogens (tertiary/aromatic N) is 1. The SMILES string of the molecule is CC(C)N(CC(C)(c1ccc(O)cc1)c1ccc(O)cc1)C(C)C. The molecule has 0 aliphatic rings. The van der Waals surface area contributed by atoms with Gasteiger partial charge in [0, 0.05) is 24.0 Å². The van der Waals surface area contributed by atoms with Crippen molar-refractivity contribution in [1.29, 1.82) is 0 Å². The third-order valence-corrected chi connectivity index (χ3v) is 4.83. The summed E-state index contributed by atoms with van der Waals surface area (Å²) in [4.78, 5) is 2.47. The average Bonchev–Trinajstić information content (AvgIpc) is 2.53. The van der Waals surface area contributed by atoms with Gasteiger partial charge in [0.05, 0.1) is 0 Å². The average molecular weight is 327 g/mol. The minimum Gasteiger partial charge on any atom is -0.508 e. The minimum absolute atomic E-state index is 0.240. The van der Waals surface area contributed by atoms with Crippen molar-refractivity contribution in [3.8, 4) is 11.5 Å². The lowest BCUT2D eigenvalue weighted by Crippen LogP contribution is -2.46. The monoisotopic (exact) mass is 327 g/mol. The maximum atomic E-state index is 9.64. The van der Waals surface area contributed by atoms with Gasteiger partial charge in [0.2, 0.25) is 0 Å². The largest absolute Gasteiger partial charge is 0.508 e. The zero-order chi connectivity index (χ0) is 17.9. The van der Waals surface area contributed by atoms with E-state index in [0.29, 0.717) is 12.1 Å². The molecule has 0 heterocycles. The van der Waals surface area contributed by atoms with E-state index in [1.165, 1.54) is 0 Å². The highest BCUT2D eigenvalue weighted by atomic mass is 16.3. The first-order chi connectivity index (χ1) is 11.2. The molecule has 3 heteroatoms. The lowest BCUT2D eigenvalue weighted by atomic mass is 9.75. The summed E-state index contributed by atoms with van der Waals surface area (Å²) in [6.45, 7) is 12.0. The predicted octanol–water partition coefficient (Wildman–Crippen LogP) is 4.52. The molecule has 2 rings (SSSR count). The third-order valence-electron chi connectivity index (χ3n) is 4.83. The van der Waals surface area contributed by atoms with E-state index in [9.17, 15) is 10.2 Å². The Morgan fingerprint density at radius 3 is 1.38 bits per heavy atom. The third kappa shape index (κ3) is 3.90. The van der Waals surface area contributed by atoms with Crippen LogP contribution in [0.15, 0.2) is 48.5 Å². The van der Waals surface area contributed by atoms with E-state index in [1.54, 1.807) is 24.3 Å². The van der Waals surface area contributed by atoms with Gasteiger partial charge in [-0.25, -0.2) is 0 Å². The molecule has 2 N–H and O–H groups in total. The molecule has 3 nitrogen and oxygen atoms in total. The molecule has 2 aromatic carbocycles. The van der Waals surface area contributed by atoms with E-state index in [1.807, 2.05) is 24.3 Å².